The summed E-state index contributed by atoms with van der Waals surface area (Å²) in [5.41, 5.74) is 17.7. The van der Waals surface area contributed by atoms with Crippen molar-refractivity contribution in [2.24, 2.45) is 11.5 Å². The Balaban J connectivity index is 1.20. The van der Waals surface area contributed by atoms with E-state index < -0.39 is 9.85 Å². The molecule has 0 saturated carbocycles. The number of nitro benzene ring substituents is 2. The number of hydrogen-bond acceptors (Lipinski definition) is 12. The summed E-state index contributed by atoms with van der Waals surface area (Å²) in [7, 11) is 3.07. The summed E-state index contributed by atoms with van der Waals surface area (Å²) < 4.78 is 11.9. The van der Waals surface area contributed by atoms with E-state index in [0.717, 1.165) is 11.1 Å². The van der Waals surface area contributed by atoms with Gasteiger partial charge in [0, 0.05) is 45.0 Å². The molecular weight excluding hydrogens is 833 g/mol. The Hall–Kier alpha value is -8.36. The van der Waals surface area contributed by atoms with Crippen LogP contribution >= 0.6 is 24.4 Å². The molecule has 0 unspecified atom stereocenters. The van der Waals surface area contributed by atoms with Gasteiger partial charge in [-0.15, -0.1) is 0 Å². The Labute approximate surface area is 362 Å². The number of hydrogen-bond donors (Lipinski definition) is 2. The van der Waals surface area contributed by atoms with Crippen LogP contribution in [0.3, 0.4) is 0 Å². The minimum Gasteiger partial charge on any atom is -0.494 e. The molecule has 0 aliphatic heterocycles. The summed E-state index contributed by atoms with van der Waals surface area (Å²) in [6, 6.07) is 37.2. The van der Waals surface area contributed by atoms with E-state index in [4.69, 9.17) is 65.8 Å². The van der Waals surface area contributed by atoms with Crippen molar-refractivity contribution in [1.29, 1.82) is 0 Å². The average molecular weight is 865 g/mol. The predicted octanol–water partition coefficient (Wildman–Crippen LogP) is 5.50. The quantitative estimate of drug-likeness (QED) is 0.0632. The first kappa shape index (κ1) is 40.4. The SMILES string of the molecule is COc1cc(-c2ccc(-n3nc(-c4ccc(C(N)=S)cc4)n[n+]3-c3ccc([N+](=O)[O-])cc3)c(OC)c2)ccc1-n1nc(-c2ccc(C(N)=S)cc2)n[n+]1-c1ccc([N+](=O)[O-])cc1. The molecule has 2 aromatic heterocycles. The van der Waals surface area contributed by atoms with Gasteiger partial charge in [-0.3, -0.25) is 20.2 Å². The number of nitrogens with two attached hydrogens (primary N) is 2. The number of tetrazole rings is 2. The minimum atomic E-state index is -0.475. The number of aromatic nitrogens is 8. The predicted molar refractivity (Wildman–Crippen MR) is 234 cm³/mol. The van der Waals surface area contributed by atoms with E-state index in [1.54, 1.807) is 82.4 Å². The first-order valence-corrected chi connectivity index (χ1v) is 19.2. The molecular formula is C42H32N12O6S2+2. The molecule has 0 bridgehead atoms. The molecule has 0 fully saturated rings. The molecule has 62 heavy (non-hydrogen) atoms. The lowest BCUT2D eigenvalue weighted by Crippen LogP contribution is -2.43. The highest BCUT2D eigenvalue weighted by Crippen LogP contribution is 2.34. The van der Waals surface area contributed by atoms with Gasteiger partial charge in [0.05, 0.1) is 45.4 Å². The van der Waals surface area contributed by atoms with Crippen LogP contribution in [0.1, 0.15) is 11.1 Å². The largest absolute Gasteiger partial charge is 0.494 e. The lowest BCUT2D eigenvalue weighted by Gasteiger charge is -2.11. The molecule has 0 amide bonds. The van der Waals surface area contributed by atoms with E-state index in [1.165, 1.54) is 48.1 Å². The third-order valence-electron chi connectivity index (χ3n) is 9.68. The Bertz CT molecular complexity index is 2840. The molecule has 0 aliphatic carbocycles. The maximum atomic E-state index is 11.4. The first-order valence-electron chi connectivity index (χ1n) is 18.4. The summed E-state index contributed by atoms with van der Waals surface area (Å²) in [5.74, 6) is 1.56. The van der Waals surface area contributed by atoms with E-state index in [2.05, 4.69) is 0 Å². The van der Waals surface area contributed by atoms with Gasteiger partial charge in [0.1, 0.15) is 9.98 Å². The highest BCUT2D eigenvalue weighted by atomic mass is 32.1. The van der Waals surface area contributed by atoms with E-state index in [-0.39, 0.29) is 21.4 Å². The number of non-ortho nitro benzene ring substituents is 2. The van der Waals surface area contributed by atoms with Crippen LogP contribution in [0, 0.1) is 20.2 Å². The second-order valence-corrected chi connectivity index (χ2v) is 14.3. The maximum absolute atomic E-state index is 11.4. The van der Waals surface area contributed by atoms with Gasteiger partial charge >= 0.3 is 11.6 Å². The van der Waals surface area contributed by atoms with Crippen LogP contribution in [-0.4, -0.2) is 64.0 Å². The molecule has 8 aromatic rings. The lowest BCUT2D eigenvalue weighted by molar-refractivity contribution is -0.734. The van der Waals surface area contributed by atoms with Crippen LogP contribution in [0.25, 0.3) is 56.7 Å². The van der Waals surface area contributed by atoms with Crippen molar-refractivity contribution >= 4 is 45.8 Å². The molecule has 8 rings (SSSR count). The van der Waals surface area contributed by atoms with Crippen molar-refractivity contribution in [3.05, 3.63) is 165 Å². The van der Waals surface area contributed by atoms with Crippen LogP contribution in [-0.2, 0) is 0 Å². The number of benzene rings is 6. The van der Waals surface area contributed by atoms with E-state index in [0.29, 0.717) is 68.2 Å². The molecule has 4 N–H and O–H groups in total. The number of methoxy groups -OCH3 is 2. The number of rotatable bonds is 13. The standard InChI is InChI=1S/C42H30N12O6S2/c1-59-37-23-29(11-21-35(37)51-47-41(27-7-3-25(4-8-27)39(43)61)45-49(51)31-13-17-33(18-14-31)53(55)56)30-12-22-36(38(24-30)60-2)52-48-42(28-9-5-26(6-10-28)40(44)62)46-50(52)32-15-19-34(20-16-32)54(57)58/h3-24H,1-2H3,(H2-2,43,44,61,62)/p+2. The summed E-state index contributed by atoms with van der Waals surface area (Å²) in [6.45, 7) is 0. The molecule has 6 aromatic carbocycles. The maximum Gasteiger partial charge on any atom is 0.340 e. The second kappa shape index (κ2) is 16.7. The monoisotopic (exact) mass is 864 g/mol. The van der Waals surface area contributed by atoms with E-state index in [1.807, 2.05) is 36.4 Å². The van der Waals surface area contributed by atoms with Crippen molar-refractivity contribution in [3.8, 4) is 68.2 Å². The fraction of sp³-hybridized carbons (Fsp3) is 0.0476. The van der Waals surface area contributed by atoms with Crippen molar-refractivity contribution in [3.63, 3.8) is 0 Å². The molecule has 0 atom stereocenters. The summed E-state index contributed by atoms with van der Waals surface area (Å²) in [6.07, 6.45) is 0. The molecule has 20 heteroatoms. The third-order valence-corrected chi connectivity index (χ3v) is 10.1. The second-order valence-electron chi connectivity index (χ2n) is 13.4. The zero-order valence-electron chi connectivity index (χ0n) is 32.6. The highest BCUT2D eigenvalue weighted by Gasteiger charge is 2.29. The van der Waals surface area contributed by atoms with E-state index >= 15 is 0 Å². The number of nitro groups is 2. The number of thiocarbonyl (C=S) groups is 2. The van der Waals surface area contributed by atoms with Gasteiger partial charge in [-0.25, -0.2) is 0 Å². The lowest BCUT2D eigenvalue weighted by atomic mass is 10.0. The Morgan fingerprint density at radius 2 is 0.887 bits per heavy atom. The Morgan fingerprint density at radius 3 is 1.19 bits per heavy atom. The van der Waals surface area contributed by atoms with Gasteiger partial charge < -0.3 is 20.9 Å². The van der Waals surface area contributed by atoms with E-state index in [9.17, 15) is 20.2 Å². The first-order chi connectivity index (χ1) is 29.9. The third kappa shape index (κ3) is 7.88. The highest BCUT2D eigenvalue weighted by molar-refractivity contribution is 7.80. The summed E-state index contributed by atoms with van der Waals surface area (Å²) in [4.78, 5) is 28.6. The van der Waals surface area contributed by atoms with Crippen molar-refractivity contribution in [2.45, 2.75) is 0 Å². The van der Waals surface area contributed by atoms with Crippen LogP contribution in [0.2, 0.25) is 0 Å². The molecule has 18 nitrogen and oxygen atoms in total. The molecule has 0 aliphatic rings. The van der Waals surface area contributed by atoms with Crippen molar-refractivity contribution < 1.29 is 28.9 Å². The number of ether oxygens (including phenoxy) is 2. The molecule has 2 heterocycles. The molecule has 0 radical (unpaired) electrons. The fourth-order valence-electron chi connectivity index (χ4n) is 6.47. The minimum absolute atomic E-state index is 0.0778. The smallest absolute Gasteiger partial charge is 0.340 e. The van der Waals surface area contributed by atoms with Gasteiger partial charge in [0.25, 0.3) is 11.4 Å². The van der Waals surface area contributed by atoms with Gasteiger partial charge in [-0.2, -0.15) is 0 Å². The number of nitrogens with zero attached hydrogens (tertiary/aromatic N) is 10. The van der Waals surface area contributed by atoms with Crippen molar-refractivity contribution in [2.75, 3.05) is 14.2 Å². The average Bonchev–Trinajstić information content (AvgIpc) is 3.95. The van der Waals surface area contributed by atoms with Crippen LogP contribution in [0.15, 0.2) is 133 Å². The van der Waals surface area contributed by atoms with Crippen LogP contribution < -0.4 is 30.5 Å². The Morgan fingerprint density at radius 1 is 0.548 bits per heavy atom. The molecule has 0 saturated heterocycles. The van der Waals surface area contributed by atoms with Gasteiger partial charge in [-0.1, -0.05) is 60.8 Å². The molecule has 0 spiro atoms. The summed E-state index contributed by atoms with van der Waals surface area (Å²) >= 11 is 10.2. The van der Waals surface area contributed by atoms with Gasteiger partial charge in [-0.05, 0) is 104 Å². The molecule has 306 valence electrons. The van der Waals surface area contributed by atoms with Crippen LogP contribution in [0.4, 0.5) is 11.4 Å². The van der Waals surface area contributed by atoms with Gasteiger partial charge in [0.2, 0.25) is 0 Å². The Kier molecular flexibility index (Phi) is 10.9. The zero-order chi connectivity index (χ0) is 43.7. The summed E-state index contributed by atoms with van der Waals surface area (Å²) in [5, 5.41) is 42.1. The zero-order valence-corrected chi connectivity index (χ0v) is 34.2. The van der Waals surface area contributed by atoms with Gasteiger partial charge in [0.15, 0.2) is 34.2 Å². The van der Waals surface area contributed by atoms with Crippen LogP contribution in [0.5, 0.6) is 11.5 Å². The fourth-order valence-corrected chi connectivity index (χ4v) is 6.74. The van der Waals surface area contributed by atoms with Crippen molar-refractivity contribution in [1.82, 2.24) is 30.0 Å². The topological polar surface area (TPSA) is 226 Å². The normalized spacial score (nSPS) is 10.9.